The van der Waals surface area contributed by atoms with E-state index in [1.165, 1.54) is 40.4 Å². The van der Waals surface area contributed by atoms with Gasteiger partial charge in [0.15, 0.2) is 5.69 Å². The Kier molecular flexibility index (Phi) is 6.86. The molecule has 0 aliphatic carbocycles. The van der Waals surface area contributed by atoms with E-state index in [0.29, 0.717) is 22.3 Å². The van der Waals surface area contributed by atoms with Gasteiger partial charge >= 0.3 is 16.1 Å². The van der Waals surface area contributed by atoms with Crippen LogP contribution in [0.3, 0.4) is 0 Å². The van der Waals surface area contributed by atoms with E-state index in [0.717, 1.165) is 27.6 Å². The summed E-state index contributed by atoms with van der Waals surface area (Å²) < 4.78 is 34.8. The number of urea groups is 1. The number of carbonyl (C=O) groups excluding carboxylic acids is 1. The van der Waals surface area contributed by atoms with Crippen molar-refractivity contribution in [2.75, 3.05) is 11.9 Å². The number of anilines is 1. The molecule has 7 aromatic rings. The van der Waals surface area contributed by atoms with Crippen LogP contribution in [0.15, 0.2) is 121 Å². The maximum Gasteiger partial charge on any atom is 0.468 e. The Morgan fingerprint density at radius 1 is 0.833 bits per heavy atom. The van der Waals surface area contributed by atoms with Crippen molar-refractivity contribution in [3.63, 3.8) is 0 Å². The summed E-state index contributed by atoms with van der Waals surface area (Å²) >= 11 is 6.80. The summed E-state index contributed by atoms with van der Waals surface area (Å²) in [7, 11) is -3.01. The number of hydrogen-bond donors (Lipinski definition) is 0. The van der Waals surface area contributed by atoms with Crippen molar-refractivity contribution in [3.05, 3.63) is 127 Å². The lowest BCUT2D eigenvalue weighted by Crippen LogP contribution is -2.51. The number of fused-ring (bicyclic) bond motifs is 4. The molecule has 48 heavy (non-hydrogen) atoms. The number of nitrogens with zero attached hydrogens (tertiary/aromatic N) is 7. The van der Waals surface area contributed by atoms with Crippen molar-refractivity contribution in [3.8, 4) is 16.8 Å². The summed E-state index contributed by atoms with van der Waals surface area (Å²) in [5.74, 6) is 0. The number of hydroxylamine groups is 1. The van der Waals surface area contributed by atoms with Crippen LogP contribution in [0.5, 0.6) is 0 Å². The number of aryl methyl sites for hydroxylation is 1. The molecule has 1 aliphatic rings. The molecule has 0 saturated carbocycles. The first-order valence-corrected chi connectivity index (χ1v) is 16.6. The zero-order chi connectivity index (χ0) is 33.2. The molecular weight excluding hydrogens is 650 g/mol. The minimum absolute atomic E-state index is 0.110. The van der Waals surface area contributed by atoms with Crippen LogP contribution in [0, 0.1) is 6.92 Å². The molecule has 0 fully saturated rings. The summed E-state index contributed by atoms with van der Waals surface area (Å²) in [5, 5.41) is 5.82. The van der Waals surface area contributed by atoms with Crippen LogP contribution in [-0.4, -0.2) is 46.2 Å². The second-order valence-electron chi connectivity index (χ2n) is 11.4. The Morgan fingerprint density at radius 3 is 2.40 bits per heavy atom. The van der Waals surface area contributed by atoms with E-state index >= 15 is 0 Å². The van der Waals surface area contributed by atoms with Crippen molar-refractivity contribution in [1.29, 1.82) is 0 Å². The third kappa shape index (κ3) is 4.65. The SMILES string of the molecule is Cc1ccc(S(=O)(=O)O[N+]2(c3ccc(-n4cncn4)c(Cl)c3)C(=O)N(C)c3cnc4ccc(-c5cnc6ccccc6c5)cc4c32)cc1. The van der Waals surface area contributed by atoms with Gasteiger partial charge in [0.2, 0.25) is 5.69 Å². The molecule has 13 heteroatoms. The number of quaternary nitrogens is 1. The molecule has 1 aliphatic heterocycles. The van der Waals surface area contributed by atoms with Gasteiger partial charge in [-0.2, -0.15) is 13.5 Å². The summed E-state index contributed by atoms with van der Waals surface area (Å²) in [6.45, 7) is 1.85. The molecule has 4 heterocycles. The van der Waals surface area contributed by atoms with Crippen molar-refractivity contribution in [2.45, 2.75) is 11.8 Å². The number of benzene rings is 4. The lowest BCUT2D eigenvalue weighted by Gasteiger charge is -2.27. The van der Waals surface area contributed by atoms with Crippen molar-refractivity contribution >= 4 is 66.6 Å². The number of para-hydroxylation sites is 1. The summed E-state index contributed by atoms with van der Waals surface area (Å²) in [6, 6.07) is 25.7. The molecule has 2 amide bonds. The Labute approximate surface area is 279 Å². The first-order valence-electron chi connectivity index (χ1n) is 14.8. The monoisotopic (exact) mass is 674 g/mol. The lowest BCUT2D eigenvalue weighted by atomic mass is 10.0. The highest BCUT2D eigenvalue weighted by atomic mass is 35.5. The minimum Gasteiger partial charge on any atom is -0.256 e. The Hall–Kier alpha value is -5.53. The van der Waals surface area contributed by atoms with E-state index in [1.54, 1.807) is 43.7 Å². The fourth-order valence-electron chi connectivity index (χ4n) is 6.02. The van der Waals surface area contributed by atoms with E-state index in [9.17, 15) is 13.2 Å². The summed E-state index contributed by atoms with van der Waals surface area (Å²) in [6.07, 6.45) is 6.17. The highest BCUT2D eigenvalue weighted by Crippen LogP contribution is 2.53. The maximum atomic E-state index is 14.6. The first kappa shape index (κ1) is 29.8. The Morgan fingerprint density at radius 2 is 1.62 bits per heavy atom. The molecule has 236 valence electrons. The van der Waals surface area contributed by atoms with Gasteiger partial charge in [-0.25, -0.2) is 14.5 Å². The first-order chi connectivity index (χ1) is 23.2. The zero-order valence-corrected chi connectivity index (χ0v) is 27.1. The second-order valence-corrected chi connectivity index (χ2v) is 13.3. The molecule has 0 spiro atoms. The van der Waals surface area contributed by atoms with Gasteiger partial charge in [-0.05, 0) is 63.9 Å². The van der Waals surface area contributed by atoms with Gasteiger partial charge < -0.3 is 0 Å². The normalized spacial score (nSPS) is 16.1. The predicted octanol–water partition coefficient (Wildman–Crippen LogP) is 7.52. The number of carbonyl (C=O) groups is 1. The van der Waals surface area contributed by atoms with Gasteiger partial charge in [-0.3, -0.25) is 14.9 Å². The molecule has 3 aromatic heterocycles. The molecule has 0 radical (unpaired) electrons. The molecule has 1 unspecified atom stereocenters. The molecule has 1 atom stereocenters. The van der Waals surface area contributed by atoms with E-state index in [4.69, 9.17) is 15.9 Å². The fourth-order valence-corrected chi connectivity index (χ4v) is 7.36. The van der Waals surface area contributed by atoms with Crippen LogP contribution < -0.4 is 9.55 Å². The molecular formula is C35H25ClN7O4S+. The molecule has 8 rings (SSSR count). The highest BCUT2D eigenvalue weighted by molar-refractivity contribution is 7.86. The predicted molar refractivity (Wildman–Crippen MR) is 184 cm³/mol. The van der Waals surface area contributed by atoms with Crippen LogP contribution >= 0.6 is 11.6 Å². The Balaban J connectivity index is 1.40. The van der Waals surface area contributed by atoms with Crippen LogP contribution in [-0.2, 0) is 14.4 Å². The van der Waals surface area contributed by atoms with Crippen LogP contribution in [0.4, 0.5) is 21.9 Å². The topological polar surface area (TPSA) is 120 Å². The third-order valence-electron chi connectivity index (χ3n) is 8.46. The van der Waals surface area contributed by atoms with E-state index in [-0.39, 0.29) is 21.3 Å². The van der Waals surface area contributed by atoms with E-state index in [1.807, 2.05) is 55.5 Å². The quantitative estimate of drug-likeness (QED) is 0.166. The van der Waals surface area contributed by atoms with Crippen LogP contribution in [0.1, 0.15) is 5.56 Å². The van der Waals surface area contributed by atoms with Crippen LogP contribution in [0.2, 0.25) is 5.02 Å². The second kappa shape index (κ2) is 11.0. The van der Waals surface area contributed by atoms with E-state index < -0.39 is 20.8 Å². The van der Waals surface area contributed by atoms with Gasteiger partial charge in [0, 0.05) is 36.3 Å². The lowest BCUT2D eigenvalue weighted by molar-refractivity contribution is 0.0639. The standard InChI is InChI=1S/C35H25ClN7O4S/c1-22-7-11-27(12-8-22)48(45,46)47-43(26-10-14-32(29(36)17-26)42-21-37-20-40-42)34-28-16-23(25-15-24-5-3-4-6-30(24)38-18-25)9-13-31(28)39-19-33(34)41(2)35(43)44/h3-21H,1-2H3/q+1. The number of amides is 2. The van der Waals surface area contributed by atoms with Crippen LogP contribution in [0.25, 0.3) is 38.6 Å². The number of rotatable bonds is 6. The van der Waals surface area contributed by atoms with Crippen molar-refractivity contribution in [1.82, 2.24) is 29.4 Å². The molecule has 0 bridgehead atoms. The Bertz CT molecular complexity index is 2530. The number of hydrogen-bond acceptors (Lipinski definition) is 8. The van der Waals surface area contributed by atoms with Gasteiger partial charge in [0.1, 0.15) is 18.3 Å². The fraction of sp³-hybridized carbons (Fsp3) is 0.0571. The van der Waals surface area contributed by atoms with Gasteiger partial charge in [0.05, 0.1) is 38.2 Å². The summed E-state index contributed by atoms with van der Waals surface area (Å²) in [4.78, 5) is 29.1. The number of halogens is 1. The summed E-state index contributed by atoms with van der Waals surface area (Å²) in [5.41, 5.74) is 5.13. The molecule has 0 N–H and O–H groups in total. The van der Waals surface area contributed by atoms with Gasteiger partial charge in [-0.1, -0.05) is 53.6 Å². The zero-order valence-electron chi connectivity index (χ0n) is 25.5. The number of aromatic nitrogens is 5. The van der Waals surface area contributed by atoms with Crippen molar-refractivity contribution < 1.29 is 17.5 Å². The average Bonchev–Trinajstić information content (AvgIpc) is 3.70. The molecule has 4 aromatic carbocycles. The molecule has 11 nitrogen and oxygen atoms in total. The smallest absolute Gasteiger partial charge is 0.256 e. The van der Waals surface area contributed by atoms with Gasteiger partial charge in [0.25, 0.3) is 0 Å². The third-order valence-corrected chi connectivity index (χ3v) is 10.0. The largest absolute Gasteiger partial charge is 0.468 e. The van der Waals surface area contributed by atoms with Gasteiger partial charge in [-0.15, -0.1) is 0 Å². The number of pyridine rings is 2. The van der Waals surface area contributed by atoms with Crippen molar-refractivity contribution in [2.24, 2.45) is 0 Å². The molecule has 0 saturated heterocycles. The highest BCUT2D eigenvalue weighted by Gasteiger charge is 2.60. The van der Waals surface area contributed by atoms with E-state index in [2.05, 4.69) is 20.1 Å². The maximum absolute atomic E-state index is 14.6. The minimum atomic E-state index is -4.56. The average molecular weight is 675 g/mol.